The van der Waals surface area contributed by atoms with Crippen molar-refractivity contribution in [2.45, 2.75) is 39.5 Å². The molecular formula is C16H20FN3O2. The van der Waals surface area contributed by atoms with Gasteiger partial charge in [-0.3, -0.25) is 4.79 Å². The van der Waals surface area contributed by atoms with E-state index in [-0.39, 0.29) is 18.1 Å². The predicted octanol–water partition coefficient (Wildman–Crippen LogP) is 1.92. The highest BCUT2D eigenvalue weighted by Gasteiger charge is 2.05. The van der Waals surface area contributed by atoms with Crippen molar-refractivity contribution in [3.63, 3.8) is 0 Å². The first-order valence-electron chi connectivity index (χ1n) is 7.22. The van der Waals surface area contributed by atoms with Crippen LogP contribution in [0.25, 0.3) is 0 Å². The number of aromatic nitrogens is 2. The third-order valence-electron chi connectivity index (χ3n) is 3.50. The molecule has 1 amide bonds. The SMILES string of the molecule is Cc1nccn1CCCC(=O)NCc1ccc(F)c(CO)c1. The van der Waals surface area contributed by atoms with Crippen molar-refractivity contribution in [2.24, 2.45) is 0 Å². The van der Waals surface area contributed by atoms with E-state index >= 15 is 0 Å². The monoisotopic (exact) mass is 305 g/mol. The lowest BCUT2D eigenvalue weighted by molar-refractivity contribution is -0.121. The number of carbonyl (C=O) groups excluding carboxylic acids is 1. The molecule has 2 rings (SSSR count). The average Bonchev–Trinajstić information content (AvgIpc) is 2.92. The van der Waals surface area contributed by atoms with E-state index < -0.39 is 5.82 Å². The number of carbonyl (C=O) groups is 1. The summed E-state index contributed by atoms with van der Waals surface area (Å²) in [6.45, 7) is 2.66. The van der Waals surface area contributed by atoms with E-state index in [1.54, 1.807) is 18.3 Å². The molecule has 0 aliphatic heterocycles. The van der Waals surface area contributed by atoms with Gasteiger partial charge >= 0.3 is 0 Å². The van der Waals surface area contributed by atoms with E-state index in [2.05, 4.69) is 10.3 Å². The van der Waals surface area contributed by atoms with Gasteiger partial charge in [-0.2, -0.15) is 0 Å². The van der Waals surface area contributed by atoms with Crippen LogP contribution < -0.4 is 5.32 Å². The van der Waals surface area contributed by atoms with Gasteiger partial charge in [0.05, 0.1) is 6.61 Å². The second kappa shape index (κ2) is 7.70. The lowest BCUT2D eigenvalue weighted by Gasteiger charge is -2.08. The highest BCUT2D eigenvalue weighted by atomic mass is 19.1. The second-order valence-electron chi connectivity index (χ2n) is 5.13. The molecule has 6 heteroatoms. The molecule has 5 nitrogen and oxygen atoms in total. The lowest BCUT2D eigenvalue weighted by atomic mass is 10.1. The van der Waals surface area contributed by atoms with E-state index in [9.17, 15) is 9.18 Å². The third-order valence-corrected chi connectivity index (χ3v) is 3.50. The van der Waals surface area contributed by atoms with Crippen LogP contribution >= 0.6 is 0 Å². The number of imidazole rings is 1. The predicted molar refractivity (Wildman–Crippen MR) is 80.4 cm³/mol. The minimum absolute atomic E-state index is 0.0485. The molecule has 0 spiro atoms. The van der Waals surface area contributed by atoms with Crippen molar-refractivity contribution < 1.29 is 14.3 Å². The molecule has 0 aliphatic carbocycles. The highest BCUT2D eigenvalue weighted by molar-refractivity contribution is 5.75. The van der Waals surface area contributed by atoms with E-state index in [1.165, 1.54) is 6.07 Å². The Balaban J connectivity index is 1.74. The number of aliphatic hydroxyl groups is 1. The molecule has 1 aromatic heterocycles. The minimum Gasteiger partial charge on any atom is -0.392 e. The van der Waals surface area contributed by atoms with Gasteiger partial charge in [-0.15, -0.1) is 0 Å². The Kier molecular flexibility index (Phi) is 5.66. The summed E-state index contributed by atoms with van der Waals surface area (Å²) in [7, 11) is 0. The van der Waals surface area contributed by atoms with Gasteiger partial charge < -0.3 is 15.0 Å². The highest BCUT2D eigenvalue weighted by Crippen LogP contribution is 2.10. The maximum Gasteiger partial charge on any atom is 0.220 e. The fourth-order valence-corrected chi connectivity index (χ4v) is 2.20. The molecule has 22 heavy (non-hydrogen) atoms. The van der Waals surface area contributed by atoms with Crippen LogP contribution in [0.2, 0.25) is 0 Å². The van der Waals surface area contributed by atoms with Crippen LogP contribution in [-0.2, 0) is 24.5 Å². The van der Waals surface area contributed by atoms with Gasteiger partial charge in [0.2, 0.25) is 5.91 Å². The van der Waals surface area contributed by atoms with Crippen LogP contribution in [-0.4, -0.2) is 20.6 Å². The zero-order valence-corrected chi connectivity index (χ0v) is 12.6. The topological polar surface area (TPSA) is 67.2 Å². The van der Waals surface area contributed by atoms with Crippen LogP contribution in [0.5, 0.6) is 0 Å². The van der Waals surface area contributed by atoms with Gasteiger partial charge in [-0.1, -0.05) is 6.07 Å². The van der Waals surface area contributed by atoms with E-state index in [0.29, 0.717) is 13.0 Å². The molecule has 0 fully saturated rings. The zero-order chi connectivity index (χ0) is 15.9. The van der Waals surface area contributed by atoms with Crippen LogP contribution in [0.15, 0.2) is 30.6 Å². The number of halogens is 1. The number of hydrogen-bond donors (Lipinski definition) is 2. The van der Waals surface area contributed by atoms with E-state index in [0.717, 1.165) is 24.4 Å². The van der Waals surface area contributed by atoms with Crippen molar-refractivity contribution in [3.05, 3.63) is 53.4 Å². The van der Waals surface area contributed by atoms with Crippen LogP contribution in [0.1, 0.15) is 29.8 Å². The fourth-order valence-electron chi connectivity index (χ4n) is 2.20. The summed E-state index contributed by atoms with van der Waals surface area (Å²) in [5.74, 6) is 0.448. The van der Waals surface area contributed by atoms with Gasteiger partial charge in [0.25, 0.3) is 0 Å². The van der Waals surface area contributed by atoms with Crippen LogP contribution in [0, 0.1) is 12.7 Å². The van der Waals surface area contributed by atoms with Gasteiger partial charge in [0, 0.05) is 37.5 Å². The molecule has 0 unspecified atom stereocenters. The number of hydrogen-bond acceptors (Lipinski definition) is 3. The van der Waals surface area contributed by atoms with Crippen molar-refractivity contribution in [3.8, 4) is 0 Å². The quantitative estimate of drug-likeness (QED) is 0.821. The number of benzene rings is 1. The minimum atomic E-state index is -0.437. The number of rotatable bonds is 7. The van der Waals surface area contributed by atoms with Crippen molar-refractivity contribution in [1.29, 1.82) is 0 Å². The molecule has 1 heterocycles. The number of aliphatic hydroxyl groups excluding tert-OH is 1. The average molecular weight is 305 g/mol. The second-order valence-corrected chi connectivity index (χ2v) is 5.13. The molecule has 0 bridgehead atoms. The van der Waals surface area contributed by atoms with E-state index in [1.807, 2.05) is 17.7 Å². The van der Waals surface area contributed by atoms with Gasteiger partial charge in [0.15, 0.2) is 0 Å². The van der Waals surface area contributed by atoms with Crippen molar-refractivity contribution in [1.82, 2.24) is 14.9 Å². The van der Waals surface area contributed by atoms with Crippen LogP contribution in [0.4, 0.5) is 4.39 Å². The summed E-state index contributed by atoms with van der Waals surface area (Å²) in [5.41, 5.74) is 1.01. The van der Waals surface area contributed by atoms with Gasteiger partial charge in [-0.05, 0) is 31.0 Å². The zero-order valence-electron chi connectivity index (χ0n) is 12.6. The Hall–Kier alpha value is -2.21. The summed E-state index contributed by atoms with van der Waals surface area (Å²) in [4.78, 5) is 15.9. The number of nitrogens with one attached hydrogen (secondary N) is 1. The van der Waals surface area contributed by atoms with Crippen molar-refractivity contribution >= 4 is 5.91 Å². The van der Waals surface area contributed by atoms with Crippen molar-refractivity contribution in [2.75, 3.05) is 0 Å². The van der Waals surface area contributed by atoms with Gasteiger partial charge in [-0.25, -0.2) is 9.37 Å². The molecule has 2 N–H and O–H groups in total. The standard InChI is InChI=1S/C16H20FN3O2/c1-12-18-6-8-20(12)7-2-3-16(22)19-10-13-4-5-15(17)14(9-13)11-21/h4-6,8-9,21H,2-3,7,10-11H2,1H3,(H,19,22). The number of nitrogens with zero attached hydrogens (tertiary/aromatic N) is 2. The molecular weight excluding hydrogens is 285 g/mol. The summed E-state index contributed by atoms with van der Waals surface area (Å²) in [5, 5.41) is 11.8. The molecule has 2 aromatic rings. The largest absolute Gasteiger partial charge is 0.392 e. The first-order chi connectivity index (χ1) is 10.6. The summed E-state index contributed by atoms with van der Waals surface area (Å²) in [6, 6.07) is 4.46. The first-order valence-corrected chi connectivity index (χ1v) is 7.22. The van der Waals surface area contributed by atoms with E-state index in [4.69, 9.17) is 5.11 Å². The lowest BCUT2D eigenvalue weighted by Crippen LogP contribution is -2.23. The maximum absolute atomic E-state index is 13.2. The smallest absolute Gasteiger partial charge is 0.220 e. The number of amides is 1. The Morgan fingerprint density at radius 1 is 1.45 bits per heavy atom. The normalized spacial score (nSPS) is 10.7. The molecule has 0 saturated carbocycles. The Morgan fingerprint density at radius 2 is 2.27 bits per heavy atom. The fraction of sp³-hybridized carbons (Fsp3) is 0.375. The molecule has 0 saturated heterocycles. The Labute approximate surface area is 128 Å². The number of aryl methyl sites for hydroxylation is 2. The molecule has 118 valence electrons. The molecule has 0 aliphatic rings. The summed E-state index contributed by atoms with van der Waals surface area (Å²) in [6.07, 6.45) is 4.78. The maximum atomic E-state index is 13.2. The Bertz CT molecular complexity index is 640. The summed E-state index contributed by atoms with van der Waals surface area (Å²) < 4.78 is 15.2. The van der Waals surface area contributed by atoms with Crippen LogP contribution in [0.3, 0.4) is 0 Å². The molecule has 1 aromatic carbocycles. The molecule has 0 atom stereocenters. The summed E-state index contributed by atoms with van der Waals surface area (Å²) >= 11 is 0. The Morgan fingerprint density at radius 3 is 2.95 bits per heavy atom. The molecule has 0 radical (unpaired) electrons. The third kappa shape index (κ3) is 4.39. The first kappa shape index (κ1) is 16.2. The van der Waals surface area contributed by atoms with Gasteiger partial charge in [0.1, 0.15) is 11.6 Å².